The number of benzene rings is 2. The fraction of sp³-hybridized carbons (Fsp3) is 0.0909. The Morgan fingerprint density at radius 2 is 1.85 bits per heavy atom. The van der Waals surface area contributed by atoms with Crippen LogP contribution in [0.25, 0.3) is 10.8 Å². The lowest BCUT2D eigenvalue weighted by Gasteiger charge is -2.02. The Morgan fingerprint density at radius 1 is 1.08 bits per heavy atom. The minimum Gasteiger partial charge on any atom is -0.122 e. The molecule has 2 rings (SSSR count). The van der Waals surface area contributed by atoms with Crippen molar-refractivity contribution in [2.24, 2.45) is 0 Å². The third kappa shape index (κ3) is 1.65. The van der Waals surface area contributed by atoms with E-state index in [2.05, 4.69) is 6.07 Å². The summed E-state index contributed by atoms with van der Waals surface area (Å²) in [6.07, 6.45) is 0. The van der Waals surface area contributed by atoms with Crippen LogP contribution in [0.5, 0.6) is 0 Å². The van der Waals surface area contributed by atoms with E-state index in [9.17, 15) is 0 Å². The van der Waals surface area contributed by atoms with Crippen molar-refractivity contribution >= 4 is 34.0 Å². The largest absolute Gasteiger partial charge is 0.122 e. The van der Waals surface area contributed by atoms with Crippen molar-refractivity contribution in [2.45, 2.75) is 5.88 Å². The Balaban J connectivity index is 2.77. The number of hydrogen-bond donors (Lipinski definition) is 0. The number of hydrogen-bond acceptors (Lipinski definition) is 0. The molecule has 2 heteroatoms. The predicted molar refractivity (Wildman–Crippen MR) is 58.5 cm³/mol. The minimum atomic E-state index is 0.505. The summed E-state index contributed by atoms with van der Waals surface area (Å²) in [7, 11) is 0. The van der Waals surface area contributed by atoms with Gasteiger partial charge in [0.15, 0.2) is 0 Å². The molecule has 0 spiro atoms. The van der Waals surface area contributed by atoms with Crippen molar-refractivity contribution in [3.63, 3.8) is 0 Å². The maximum atomic E-state index is 6.08. The molecule has 0 atom stereocenters. The topological polar surface area (TPSA) is 0 Å². The summed E-state index contributed by atoms with van der Waals surface area (Å²) in [4.78, 5) is 0. The van der Waals surface area contributed by atoms with E-state index in [1.54, 1.807) is 0 Å². The quantitative estimate of drug-likeness (QED) is 0.619. The molecule has 0 aliphatic heterocycles. The van der Waals surface area contributed by atoms with E-state index in [1.165, 1.54) is 0 Å². The molecule has 0 aliphatic carbocycles. The molecule has 0 nitrogen and oxygen atoms in total. The van der Waals surface area contributed by atoms with Crippen LogP contribution in [0.15, 0.2) is 36.4 Å². The lowest BCUT2D eigenvalue weighted by molar-refractivity contribution is 1.43. The van der Waals surface area contributed by atoms with Crippen molar-refractivity contribution in [1.82, 2.24) is 0 Å². The molecule has 0 saturated heterocycles. The predicted octanol–water partition coefficient (Wildman–Crippen LogP) is 4.23. The first kappa shape index (κ1) is 8.86. The van der Waals surface area contributed by atoms with Gasteiger partial charge in [-0.25, -0.2) is 0 Å². The Bertz CT molecular complexity index is 435. The zero-order chi connectivity index (χ0) is 9.26. The summed E-state index contributed by atoms with van der Waals surface area (Å²) in [6, 6.07) is 12.0. The second-order valence-electron chi connectivity index (χ2n) is 2.93. The Morgan fingerprint density at radius 3 is 2.62 bits per heavy atom. The monoisotopic (exact) mass is 210 g/mol. The van der Waals surface area contributed by atoms with Gasteiger partial charge in [-0.1, -0.05) is 35.9 Å². The van der Waals surface area contributed by atoms with E-state index in [0.29, 0.717) is 5.88 Å². The molecule has 0 saturated carbocycles. The van der Waals surface area contributed by atoms with Crippen LogP contribution in [0.3, 0.4) is 0 Å². The minimum absolute atomic E-state index is 0.505. The van der Waals surface area contributed by atoms with Gasteiger partial charge in [0.2, 0.25) is 0 Å². The van der Waals surface area contributed by atoms with Crippen molar-refractivity contribution in [3.8, 4) is 0 Å². The molecular formula is C11H8Cl2. The van der Waals surface area contributed by atoms with Gasteiger partial charge in [-0.3, -0.25) is 0 Å². The third-order valence-electron chi connectivity index (χ3n) is 2.03. The number of fused-ring (bicyclic) bond motifs is 1. The van der Waals surface area contributed by atoms with Gasteiger partial charge in [-0.15, -0.1) is 11.6 Å². The van der Waals surface area contributed by atoms with Crippen LogP contribution in [-0.4, -0.2) is 0 Å². The van der Waals surface area contributed by atoms with Crippen molar-refractivity contribution in [2.75, 3.05) is 0 Å². The van der Waals surface area contributed by atoms with Crippen LogP contribution >= 0.6 is 23.2 Å². The molecule has 0 amide bonds. The summed E-state index contributed by atoms with van der Waals surface area (Å²) < 4.78 is 0. The van der Waals surface area contributed by atoms with Crippen molar-refractivity contribution < 1.29 is 0 Å². The molecule has 13 heavy (non-hydrogen) atoms. The molecule has 2 aromatic carbocycles. The van der Waals surface area contributed by atoms with E-state index in [-0.39, 0.29) is 0 Å². The molecule has 0 aliphatic rings. The average Bonchev–Trinajstić information content (AvgIpc) is 2.18. The van der Waals surface area contributed by atoms with Gasteiger partial charge in [0.05, 0.1) is 0 Å². The van der Waals surface area contributed by atoms with E-state index in [4.69, 9.17) is 23.2 Å². The second kappa shape index (κ2) is 3.57. The van der Waals surface area contributed by atoms with Gasteiger partial charge in [-0.05, 0) is 23.1 Å². The van der Waals surface area contributed by atoms with Crippen LogP contribution in [0.2, 0.25) is 5.02 Å². The van der Waals surface area contributed by atoms with Crippen LogP contribution in [-0.2, 0) is 5.88 Å². The van der Waals surface area contributed by atoms with Gasteiger partial charge in [0.25, 0.3) is 0 Å². The first-order valence-corrected chi connectivity index (χ1v) is 4.95. The van der Waals surface area contributed by atoms with E-state index in [1.807, 2.05) is 30.3 Å². The highest BCUT2D eigenvalue weighted by Crippen LogP contribution is 2.25. The molecule has 0 aromatic heterocycles. The zero-order valence-electron chi connectivity index (χ0n) is 6.93. The molecular weight excluding hydrogens is 203 g/mol. The molecule has 0 heterocycles. The lowest BCUT2D eigenvalue weighted by atomic mass is 10.1. The number of halogens is 2. The normalized spacial score (nSPS) is 10.6. The fourth-order valence-corrected chi connectivity index (χ4v) is 1.87. The Hall–Kier alpha value is -0.720. The summed E-state index contributed by atoms with van der Waals surface area (Å²) in [5.41, 5.74) is 1.06. The Kier molecular flexibility index (Phi) is 2.43. The zero-order valence-corrected chi connectivity index (χ0v) is 8.44. The molecule has 0 fully saturated rings. The first-order chi connectivity index (χ1) is 6.31. The van der Waals surface area contributed by atoms with E-state index >= 15 is 0 Å². The highest BCUT2D eigenvalue weighted by Gasteiger charge is 2.00. The molecule has 0 radical (unpaired) electrons. The molecule has 0 N–H and O–H groups in total. The first-order valence-electron chi connectivity index (χ1n) is 4.04. The van der Waals surface area contributed by atoms with Gasteiger partial charge in [-0.2, -0.15) is 0 Å². The molecule has 66 valence electrons. The second-order valence-corrected chi connectivity index (χ2v) is 3.61. The van der Waals surface area contributed by atoms with Crippen LogP contribution in [0.1, 0.15) is 5.56 Å². The van der Waals surface area contributed by atoms with Crippen LogP contribution in [0.4, 0.5) is 0 Å². The van der Waals surface area contributed by atoms with Crippen molar-refractivity contribution in [3.05, 3.63) is 47.0 Å². The molecule has 0 unspecified atom stereocenters. The van der Waals surface area contributed by atoms with Gasteiger partial charge in [0.1, 0.15) is 0 Å². The van der Waals surface area contributed by atoms with E-state index < -0.39 is 0 Å². The van der Waals surface area contributed by atoms with Gasteiger partial charge in [0, 0.05) is 16.3 Å². The highest BCUT2D eigenvalue weighted by molar-refractivity contribution is 6.35. The summed E-state index contributed by atoms with van der Waals surface area (Å²) in [5.74, 6) is 0.505. The SMILES string of the molecule is ClCc1cc(Cl)c2ccccc2c1. The number of rotatable bonds is 1. The Labute approximate surface area is 87.1 Å². The summed E-state index contributed by atoms with van der Waals surface area (Å²) in [5, 5.41) is 3.00. The molecule has 2 aromatic rings. The van der Waals surface area contributed by atoms with Crippen molar-refractivity contribution in [1.29, 1.82) is 0 Å². The van der Waals surface area contributed by atoms with E-state index in [0.717, 1.165) is 21.4 Å². The highest BCUT2D eigenvalue weighted by atomic mass is 35.5. The molecule has 0 bridgehead atoms. The lowest BCUT2D eigenvalue weighted by Crippen LogP contribution is -1.80. The summed E-state index contributed by atoms with van der Waals surface area (Å²) in [6.45, 7) is 0. The van der Waals surface area contributed by atoms with Crippen LogP contribution < -0.4 is 0 Å². The standard InChI is InChI=1S/C11H8Cl2/c12-7-8-5-9-3-1-2-4-10(9)11(13)6-8/h1-6H,7H2. The average molecular weight is 211 g/mol. The number of alkyl halides is 1. The third-order valence-corrected chi connectivity index (χ3v) is 2.65. The van der Waals surface area contributed by atoms with Gasteiger partial charge >= 0.3 is 0 Å². The maximum absolute atomic E-state index is 6.08. The fourth-order valence-electron chi connectivity index (χ4n) is 1.40. The smallest absolute Gasteiger partial charge is 0.0487 e. The van der Waals surface area contributed by atoms with Gasteiger partial charge < -0.3 is 0 Å². The maximum Gasteiger partial charge on any atom is 0.0487 e. The van der Waals surface area contributed by atoms with Crippen LogP contribution in [0, 0.1) is 0 Å². The summed E-state index contributed by atoms with van der Waals surface area (Å²) >= 11 is 11.8.